The number of sulfonamides is 1. The summed E-state index contributed by atoms with van der Waals surface area (Å²) in [5, 5.41) is 5.02. The van der Waals surface area contributed by atoms with Crippen molar-refractivity contribution in [3.8, 4) is 5.75 Å². The number of amides is 1. The normalized spacial score (nSPS) is 14.2. The Morgan fingerprint density at radius 3 is 2.29 bits per heavy atom. The highest BCUT2D eigenvalue weighted by Crippen LogP contribution is 2.21. The molecule has 0 radical (unpaired) electrons. The van der Waals surface area contributed by atoms with Gasteiger partial charge in [-0.15, -0.1) is 0 Å². The van der Waals surface area contributed by atoms with E-state index in [0.29, 0.717) is 24.3 Å². The minimum Gasteiger partial charge on any atom is -0.490 e. The molecule has 0 atom stereocenters. The molecule has 2 N–H and O–H groups in total. The Morgan fingerprint density at radius 1 is 1.04 bits per heavy atom. The molecule has 148 valence electrons. The van der Waals surface area contributed by atoms with E-state index < -0.39 is 16.0 Å². The first kappa shape index (κ1) is 19.8. The Balaban J connectivity index is 1.46. The van der Waals surface area contributed by atoms with Crippen LogP contribution in [-0.4, -0.2) is 40.1 Å². The van der Waals surface area contributed by atoms with E-state index in [1.165, 1.54) is 24.3 Å². The van der Waals surface area contributed by atoms with Crippen LogP contribution in [0.4, 0.5) is 5.69 Å². The van der Waals surface area contributed by atoms with Crippen molar-refractivity contribution in [1.29, 1.82) is 0 Å². The fourth-order valence-electron chi connectivity index (χ4n) is 2.80. The van der Waals surface area contributed by atoms with E-state index in [4.69, 9.17) is 14.6 Å². The monoisotopic (exact) mass is 404 g/mol. The lowest BCUT2D eigenvalue weighted by molar-refractivity contribution is -0.117. The molecule has 1 saturated heterocycles. The maximum atomic E-state index is 12.1. The summed E-state index contributed by atoms with van der Waals surface area (Å²) in [5.74, 6) is 0.0279. The molecular weight excluding hydrogens is 384 g/mol. The molecule has 2 aromatic carbocycles. The van der Waals surface area contributed by atoms with Crippen LogP contribution in [-0.2, 0) is 19.6 Å². The van der Waals surface area contributed by atoms with Crippen LogP contribution in [0, 0.1) is 0 Å². The Kier molecular flexibility index (Phi) is 5.96. The molecule has 1 fully saturated rings. The third-order valence-corrected chi connectivity index (χ3v) is 5.15. The molecule has 28 heavy (non-hydrogen) atoms. The summed E-state index contributed by atoms with van der Waals surface area (Å²) in [6, 6.07) is 12.3. The van der Waals surface area contributed by atoms with Gasteiger partial charge >= 0.3 is 5.97 Å². The van der Waals surface area contributed by atoms with Crippen molar-refractivity contribution in [1.82, 2.24) is 0 Å². The van der Waals surface area contributed by atoms with E-state index in [1.807, 2.05) is 0 Å². The van der Waals surface area contributed by atoms with Crippen molar-refractivity contribution < 1.29 is 27.5 Å². The fourth-order valence-corrected chi connectivity index (χ4v) is 3.32. The first-order chi connectivity index (χ1) is 13.3. The minimum absolute atomic E-state index is 0.00893. The number of esters is 1. The van der Waals surface area contributed by atoms with Crippen molar-refractivity contribution in [3.05, 3.63) is 54.1 Å². The summed E-state index contributed by atoms with van der Waals surface area (Å²) in [5.41, 5.74) is 1.15. The molecule has 0 saturated carbocycles. The fraction of sp³-hybridized carbons (Fsp3) is 0.263. The number of rotatable bonds is 7. The van der Waals surface area contributed by atoms with Crippen LogP contribution in [0.2, 0.25) is 0 Å². The lowest BCUT2D eigenvalue weighted by atomic mass is 10.2. The van der Waals surface area contributed by atoms with Crippen molar-refractivity contribution in [3.63, 3.8) is 0 Å². The highest BCUT2D eigenvalue weighted by atomic mass is 32.2. The third-order valence-electron chi connectivity index (χ3n) is 4.23. The van der Waals surface area contributed by atoms with Crippen LogP contribution in [0.15, 0.2) is 53.4 Å². The van der Waals surface area contributed by atoms with Crippen molar-refractivity contribution in [2.45, 2.75) is 17.7 Å². The Hall–Kier alpha value is -2.91. The van der Waals surface area contributed by atoms with E-state index in [0.717, 1.165) is 12.1 Å². The lowest BCUT2D eigenvalue weighted by Crippen LogP contribution is -2.23. The van der Waals surface area contributed by atoms with Crippen LogP contribution in [0.5, 0.6) is 5.75 Å². The van der Waals surface area contributed by atoms with Crippen molar-refractivity contribution in [2.75, 3.05) is 24.7 Å². The van der Waals surface area contributed by atoms with E-state index in [-0.39, 0.29) is 24.0 Å². The van der Waals surface area contributed by atoms with Gasteiger partial charge in [-0.05, 0) is 55.0 Å². The van der Waals surface area contributed by atoms with Gasteiger partial charge in [0.15, 0.2) is 0 Å². The minimum atomic E-state index is -3.74. The average Bonchev–Trinajstić information content (AvgIpc) is 3.11. The number of nitrogens with two attached hydrogens (primary N) is 1. The number of ether oxygens (including phenoxy) is 2. The smallest absolute Gasteiger partial charge is 0.338 e. The van der Waals surface area contributed by atoms with Crippen LogP contribution in [0.1, 0.15) is 23.2 Å². The molecule has 1 aliphatic heterocycles. The standard InChI is InChI=1S/C19H20N2O6S/c20-28(24,25)17-9-7-16(8-10-17)26-12-13-27-19(23)14-3-5-15(6-4-14)21-11-1-2-18(21)22/h3-10H,1-2,11-13H2,(H2,20,24,25). The van der Waals surface area contributed by atoms with Crippen molar-refractivity contribution >= 4 is 27.6 Å². The Morgan fingerprint density at radius 2 is 1.71 bits per heavy atom. The SMILES string of the molecule is NS(=O)(=O)c1ccc(OCCOC(=O)c2ccc(N3CCCC3=O)cc2)cc1. The number of carbonyl (C=O) groups is 2. The van der Waals surface area contributed by atoms with E-state index >= 15 is 0 Å². The molecule has 0 bridgehead atoms. The molecule has 8 nitrogen and oxygen atoms in total. The lowest BCUT2D eigenvalue weighted by Gasteiger charge is -2.15. The molecule has 9 heteroatoms. The molecule has 0 aromatic heterocycles. The van der Waals surface area contributed by atoms with Gasteiger partial charge in [-0.25, -0.2) is 18.4 Å². The summed E-state index contributed by atoms with van der Waals surface area (Å²) >= 11 is 0. The van der Waals surface area contributed by atoms with Crippen LogP contribution in [0.3, 0.4) is 0 Å². The summed E-state index contributed by atoms with van der Waals surface area (Å²) < 4.78 is 32.9. The predicted molar refractivity (Wildman–Crippen MR) is 102 cm³/mol. The molecule has 1 aliphatic rings. The number of anilines is 1. The summed E-state index contributed by atoms with van der Waals surface area (Å²) in [6.07, 6.45) is 1.39. The summed E-state index contributed by atoms with van der Waals surface area (Å²) in [7, 11) is -3.74. The quantitative estimate of drug-likeness (QED) is 0.555. The van der Waals surface area contributed by atoms with Gasteiger partial charge < -0.3 is 14.4 Å². The highest BCUT2D eigenvalue weighted by molar-refractivity contribution is 7.89. The molecular formula is C19H20N2O6S. The van der Waals surface area contributed by atoms with Crippen molar-refractivity contribution in [2.24, 2.45) is 5.14 Å². The van der Waals surface area contributed by atoms with E-state index in [9.17, 15) is 18.0 Å². The zero-order chi connectivity index (χ0) is 20.1. The first-order valence-electron chi connectivity index (χ1n) is 8.68. The third kappa shape index (κ3) is 4.87. The second-order valence-corrected chi connectivity index (χ2v) is 7.76. The second kappa shape index (κ2) is 8.41. The van der Waals surface area contributed by atoms with Gasteiger partial charge in [-0.2, -0.15) is 0 Å². The molecule has 3 rings (SSSR count). The van der Waals surface area contributed by atoms with Gasteiger partial charge in [0, 0.05) is 18.7 Å². The van der Waals surface area contributed by atoms with Gasteiger partial charge in [0.2, 0.25) is 15.9 Å². The van der Waals surface area contributed by atoms with Crippen LogP contribution >= 0.6 is 0 Å². The van der Waals surface area contributed by atoms with Crippen LogP contribution < -0.4 is 14.8 Å². The summed E-state index contributed by atoms with van der Waals surface area (Å²) in [4.78, 5) is 25.5. The van der Waals surface area contributed by atoms with Gasteiger partial charge in [0.1, 0.15) is 19.0 Å². The molecule has 1 heterocycles. The number of nitrogens with zero attached hydrogens (tertiary/aromatic N) is 1. The number of benzene rings is 2. The number of hydrogen-bond acceptors (Lipinski definition) is 6. The topological polar surface area (TPSA) is 116 Å². The van der Waals surface area contributed by atoms with Crippen LogP contribution in [0.25, 0.3) is 0 Å². The Labute approximate surface area is 162 Å². The molecule has 1 amide bonds. The van der Waals surface area contributed by atoms with E-state index in [2.05, 4.69) is 0 Å². The van der Waals surface area contributed by atoms with E-state index in [1.54, 1.807) is 29.2 Å². The molecule has 0 aliphatic carbocycles. The zero-order valence-corrected chi connectivity index (χ0v) is 15.9. The zero-order valence-electron chi connectivity index (χ0n) is 15.0. The maximum Gasteiger partial charge on any atom is 0.338 e. The second-order valence-electron chi connectivity index (χ2n) is 6.20. The number of primary sulfonamides is 1. The van der Waals surface area contributed by atoms with Gasteiger partial charge in [0.25, 0.3) is 0 Å². The molecule has 0 unspecified atom stereocenters. The predicted octanol–water partition coefficient (Wildman–Crippen LogP) is 1.70. The Bertz CT molecular complexity index is 955. The molecule has 2 aromatic rings. The van der Waals surface area contributed by atoms with Gasteiger partial charge in [-0.1, -0.05) is 0 Å². The highest BCUT2D eigenvalue weighted by Gasteiger charge is 2.21. The maximum absolute atomic E-state index is 12.1. The number of hydrogen-bond donors (Lipinski definition) is 1. The molecule has 0 spiro atoms. The van der Waals surface area contributed by atoms with Gasteiger partial charge in [-0.3, -0.25) is 4.79 Å². The number of carbonyl (C=O) groups excluding carboxylic acids is 2. The average molecular weight is 404 g/mol. The first-order valence-corrected chi connectivity index (χ1v) is 10.2. The largest absolute Gasteiger partial charge is 0.490 e. The van der Waals surface area contributed by atoms with Gasteiger partial charge in [0.05, 0.1) is 10.5 Å². The summed E-state index contributed by atoms with van der Waals surface area (Å²) in [6.45, 7) is 0.834.